The number of ether oxygens (including phenoxy) is 2. The Hall–Kier alpha value is -4.28. The van der Waals surface area contributed by atoms with Gasteiger partial charge < -0.3 is 25.0 Å². The van der Waals surface area contributed by atoms with Crippen molar-refractivity contribution < 1.29 is 14.3 Å². The van der Waals surface area contributed by atoms with Crippen molar-refractivity contribution in [2.45, 2.75) is 44.1 Å². The van der Waals surface area contributed by atoms with Crippen LogP contribution >= 0.6 is 0 Å². The summed E-state index contributed by atoms with van der Waals surface area (Å²) < 4.78 is 12.6. The van der Waals surface area contributed by atoms with Gasteiger partial charge in [-0.25, -0.2) is 0 Å². The van der Waals surface area contributed by atoms with Gasteiger partial charge in [0.1, 0.15) is 11.2 Å². The molecule has 4 heterocycles. The molecule has 3 N–H and O–H groups in total. The van der Waals surface area contributed by atoms with E-state index in [4.69, 9.17) is 19.4 Å². The molecule has 1 aliphatic carbocycles. The van der Waals surface area contributed by atoms with Crippen molar-refractivity contribution >= 4 is 35.0 Å². The lowest BCUT2D eigenvalue weighted by Crippen LogP contribution is -2.51. The van der Waals surface area contributed by atoms with Crippen molar-refractivity contribution in [1.82, 2.24) is 24.6 Å². The summed E-state index contributed by atoms with van der Waals surface area (Å²) in [6.07, 6.45) is 5.82. The number of methoxy groups -OCH3 is 2. The largest absolute Gasteiger partial charge is 0.493 e. The molecule has 1 aromatic carbocycles. The molecule has 0 unspecified atom stereocenters. The summed E-state index contributed by atoms with van der Waals surface area (Å²) in [4.78, 5) is 25.3. The Labute approximate surface area is 214 Å². The van der Waals surface area contributed by atoms with Gasteiger partial charge in [-0.1, -0.05) is 0 Å². The van der Waals surface area contributed by atoms with E-state index in [2.05, 4.69) is 20.8 Å². The quantitative estimate of drug-likeness (QED) is 0.329. The molecule has 0 spiro atoms. The lowest BCUT2D eigenvalue weighted by molar-refractivity contribution is -0.120. The molecule has 1 saturated carbocycles. The monoisotopic (exact) mass is 502 g/mol. The second-order valence-corrected chi connectivity index (χ2v) is 9.74. The van der Waals surface area contributed by atoms with Crippen molar-refractivity contribution in [3.05, 3.63) is 48.3 Å². The van der Waals surface area contributed by atoms with Crippen LogP contribution in [0.1, 0.15) is 44.2 Å². The topological polar surface area (TPSA) is 122 Å². The number of hydrogen-bond acceptors (Lipinski definition) is 8. The van der Waals surface area contributed by atoms with Gasteiger partial charge in [-0.2, -0.15) is 15.1 Å². The molecule has 11 heteroatoms. The summed E-state index contributed by atoms with van der Waals surface area (Å²) >= 11 is 0. The van der Waals surface area contributed by atoms with Crippen molar-refractivity contribution in [2.75, 3.05) is 36.3 Å². The maximum absolute atomic E-state index is 13.6. The zero-order chi connectivity index (χ0) is 25.6. The van der Waals surface area contributed by atoms with Crippen LogP contribution in [0.3, 0.4) is 0 Å². The van der Waals surface area contributed by atoms with Crippen LogP contribution in [-0.4, -0.2) is 56.8 Å². The van der Waals surface area contributed by atoms with Crippen molar-refractivity contribution in [2.24, 2.45) is 0 Å². The van der Waals surface area contributed by atoms with Gasteiger partial charge in [0.15, 0.2) is 17.3 Å². The second-order valence-electron chi connectivity index (χ2n) is 9.74. The third-order valence-corrected chi connectivity index (χ3v) is 7.24. The first-order valence-corrected chi connectivity index (χ1v) is 12.5. The predicted molar refractivity (Wildman–Crippen MR) is 140 cm³/mol. The Morgan fingerprint density at radius 2 is 1.97 bits per heavy atom. The van der Waals surface area contributed by atoms with Crippen LogP contribution in [0.5, 0.6) is 11.5 Å². The molecule has 6 rings (SSSR count). The number of hydrogen-bond donors (Lipinski definition) is 3. The highest BCUT2D eigenvalue weighted by Crippen LogP contribution is 2.40. The van der Waals surface area contributed by atoms with Gasteiger partial charge in [0.2, 0.25) is 17.8 Å². The van der Waals surface area contributed by atoms with Crippen molar-refractivity contribution in [1.29, 1.82) is 0 Å². The number of H-pyrrole nitrogens is 1. The molecular formula is C26H30N8O3. The molecule has 0 bridgehead atoms. The van der Waals surface area contributed by atoms with Gasteiger partial charge in [-0.05, 0) is 56.9 Å². The number of carbonyl (C=O) groups is 1. The van der Waals surface area contributed by atoms with E-state index in [1.807, 2.05) is 40.6 Å². The zero-order valence-corrected chi connectivity index (χ0v) is 21.1. The van der Waals surface area contributed by atoms with Gasteiger partial charge in [-0.3, -0.25) is 14.3 Å². The third kappa shape index (κ3) is 4.20. The molecule has 1 amide bonds. The van der Waals surface area contributed by atoms with E-state index >= 15 is 0 Å². The molecule has 2 aliphatic rings. The lowest BCUT2D eigenvalue weighted by atomic mass is 9.97. The van der Waals surface area contributed by atoms with E-state index in [-0.39, 0.29) is 5.91 Å². The molecule has 1 atom stereocenters. The number of nitrogens with one attached hydrogen (secondary N) is 3. The SMILES string of the molecule is COc1ccc(NC(=O)[C@]2(C)CCCN2c2nc(Nc3cc(C4CC4)[nH]n3)n3cccc3n2)cc1OC. The summed E-state index contributed by atoms with van der Waals surface area (Å²) in [5.41, 5.74) is 1.67. The van der Waals surface area contributed by atoms with E-state index in [1.165, 1.54) is 12.8 Å². The molecule has 192 valence electrons. The van der Waals surface area contributed by atoms with Crippen LogP contribution in [0.25, 0.3) is 5.65 Å². The van der Waals surface area contributed by atoms with Crippen molar-refractivity contribution in [3.63, 3.8) is 0 Å². The Morgan fingerprint density at radius 3 is 2.76 bits per heavy atom. The fraction of sp³-hybridized carbons (Fsp3) is 0.385. The van der Waals surface area contributed by atoms with Crippen LogP contribution in [0.15, 0.2) is 42.6 Å². The summed E-state index contributed by atoms with van der Waals surface area (Å²) in [7, 11) is 3.15. The third-order valence-electron chi connectivity index (χ3n) is 7.24. The number of rotatable bonds is 8. The van der Waals surface area contributed by atoms with Crippen LogP contribution in [0, 0.1) is 0 Å². The number of carbonyl (C=O) groups excluding carboxylic acids is 1. The molecular weight excluding hydrogens is 472 g/mol. The number of anilines is 4. The van der Waals surface area contributed by atoms with E-state index in [0.717, 1.165) is 17.8 Å². The zero-order valence-electron chi connectivity index (χ0n) is 21.1. The van der Waals surface area contributed by atoms with Gasteiger partial charge in [0.05, 0.1) is 14.2 Å². The second kappa shape index (κ2) is 8.99. The first-order chi connectivity index (χ1) is 18.0. The van der Waals surface area contributed by atoms with E-state index < -0.39 is 5.54 Å². The highest BCUT2D eigenvalue weighted by molar-refractivity contribution is 6.00. The molecule has 0 radical (unpaired) electrons. The minimum absolute atomic E-state index is 0.132. The maximum atomic E-state index is 13.6. The first-order valence-electron chi connectivity index (χ1n) is 12.5. The highest BCUT2D eigenvalue weighted by Gasteiger charge is 2.45. The molecule has 4 aromatic rings. The fourth-order valence-corrected chi connectivity index (χ4v) is 4.95. The molecule has 37 heavy (non-hydrogen) atoms. The van der Waals surface area contributed by atoms with Gasteiger partial charge in [-0.15, -0.1) is 0 Å². The number of aromatic nitrogens is 5. The Bertz CT molecular complexity index is 1460. The number of nitrogens with zero attached hydrogens (tertiary/aromatic N) is 5. The van der Waals surface area contributed by atoms with Crippen LogP contribution < -0.4 is 25.0 Å². The van der Waals surface area contributed by atoms with Crippen LogP contribution in [0.2, 0.25) is 0 Å². The Balaban J connectivity index is 1.29. The number of fused-ring (bicyclic) bond motifs is 1. The summed E-state index contributed by atoms with van der Waals surface area (Å²) in [6, 6.07) is 11.2. The van der Waals surface area contributed by atoms with E-state index in [9.17, 15) is 4.79 Å². The number of benzene rings is 1. The number of amides is 1. The minimum Gasteiger partial charge on any atom is -0.493 e. The van der Waals surface area contributed by atoms with E-state index in [1.54, 1.807) is 32.4 Å². The first kappa shape index (κ1) is 23.1. The summed E-state index contributed by atoms with van der Waals surface area (Å²) in [5.74, 6) is 3.38. The molecule has 2 fully saturated rings. The van der Waals surface area contributed by atoms with Crippen molar-refractivity contribution in [3.8, 4) is 11.5 Å². The van der Waals surface area contributed by atoms with Gasteiger partial charge >= 0.3 is 0 Å². The molecule has 1 saturated heterocycles. The summed E-state index contributed by atoms with van der Waals surface area (Å²) in [6.45, 7) is 2.60. The summed E-state index contributed by atoms with van der Waals surface area (Å²) in [5, 5.41) is 13.9. The Morgan fingerprint density at radius 1 is 1.14 bits per heavy atom. The van der Waals surface area contributed by atoms with Gasteiger partial charge in [0.25, 0.3) is 0 Å². The van der Waals surface area contributed by atoms with E-state index in [0.29, 0.717) is 53.8 Å². The minimum atomic E-state index is -0.832. The molecule has 3 aromatic heterocycles. The van der Waals surface area contributed by atoms with Crippen LogP contribution in [-0.2, 0) is 4.79 Å². The standard InChI is InChI=1S/C26H30N8O3/c1-26(23(35)27-17-9-10-19(36-2)20(14-17)37-3)11-5-13-34(26)25-29-22-6-4-12-33(22)24(30-25)28-21-15-18(31-32-21)16-7-8-16/h4,6,9-10,12,14-16H,5,7-8,11,13H2,1-3H3,(H,27,35)(H2,28,29,30,31,32)/t26-/m0/s1. The highest BCUT2D eigenvalue weighted by atomic mass is 16.5. The van der Waals surface area contributed by atoms with Crippen LogP contribution in [0.4, 0.5) is 23.4 Å². The van der Waals surface area contributed by atoms with Gasteiger partial charge in [0, 0.05) is 42.2 Å². The number of aromatic amines is 1. The molecule has 11 nitrogen and oxygen atoms in total. The average molecular weight is 503 g/mol. The maximum Gasteiger partial charge on any atom is 0.250 e. The smallest absolute Gasteiger partial charge is 0.250 e. The predicted octanol–water partition coefficient (Wildman–Crippen LogP) is 4.09. The normalized spacial score (nSPS) is 19.3. The lowest BCUT2D eigenvalue weighted by Gasteiger charge is -2.34. The molecule has 1 aliphatic heterocycles. The fourth-order valence-electron chi connectivity index (χ4n) is 4.95. The Kier molecular flexibility index (Phi) is 5.62. The average Bonchev–Trinajstić information content (AvgIpc) is 3.26.